The first-order valence-electron chi connectivity index (χ1n) is 6.51. The Morgan fingerprint density at radius 3 is 2.50 bits per heavy atom. The van der Waals surface area contributed by atoms with E-state index in [1.807, 2.05) is 12.1 Å². The number of non-ortho nitro benzene ring substituents is 1. The molecule has 114 valence electrons. The van der Waals surface area contributed by atoms with Crippen LogP contribution >= 0.6 is 0 Å². The van der Waals surface area contributed by atoms with E-state index in [2.05, 4.69) is 10.6 Å². The number of nitrogens with zero attached hydrogens (tertiary/aromatic N) is 1. The van der Waals surface area contributed by atoms with Gasteiger partial charge in [-0.3, -0.25) is 14.9 Å². The SMILES string of the molecule is COc1ccccc1NCC(=O)Nc1ccc([N+](=O)[O-])cc1. The van der Waals surface area contributed by atoms with E-state index in [1.54, 1.807) is 19.2 Å². The largest absolute Gasteiger partial charge is 0.495 e. The second kappa shape index (κ2) is 7.07. The zero-order chi connectivity index (χ0) is 15.9. The molecule has 1 amide bonds. The van der Waals surface area contributed by atoms with Crippen molar-refractivity contribution in [1.29, 1.82) is 0 Å². The molecule has 0 aliphatic carbocycles. The van der Waals surface area contributed by atoms with Crippen LogP contribution in [0.4, 0.5) is 17.1 Å². The molecule has 7 heteroatoms. The second-order valence-corrected chi connectivity index (χ2v) is 4.41. The minimum atomic E-state index is -0.491. The van der Waals surface area contributed by atoms with Gasteiger partial charge in [0.1, 0.15) is 5.75 Å². The molecule has 0 saturated heterocycles. The fraction of sp³-hybridized carbons (Fsp3) is 0.133. The van der Waals surface area contributed by atoms with E-state index in [4.69, 9.17) is 4.74 Å². The first-order chi connectivity index (χ1) is 10.6. The van der Waals surface area contributed by atoms with Crippen molar-refractivity contribution in [3.8, 4) is 5.75 Å². The molecule has 22 heavy (non-hydrogen) atoms. The zero-order valence-electron chi connectivity index (χ0n) is 11.9. The summed E-state index contributed by atoms with van der Waals surface area (Å²) in [5, 5.41) is 16.2. The van der Waals surface area contributed by atoms with Crippen LogP contribution < -0.4 is 15.4 Å². The monoisotopic (exact) mass is 301 g/mol. The maximum Gasteiger partial charge on any atom is 0.269 e. The smallest absolute Gasteiger partial charge is 0.269 e. The summed E-state index contributed by atoms with van der Waals surface area (Å²) in [6.45, 7) is 0.0529. The Bertz CT molecular complexity index is 671. The van der Waals surface area contributed by atoms with Crippen molar-refractivity contribution in [3.63, 3.8) is 0 Å². The highest BCUT2D eigenvalue weighted by Crippen LogP contribution is 2.22. The number of carbonyl (C=O) groups is 1. The van der Waals surface area contributed by atoms with Gasteiger partial charge in [-0.15, -0.1) is 0 Å². The van der Waals surface area contributed by atoms with Crippen LogP contribution in [-0.2, 0) is 4.79 Å². The van der Waals surface area contributed by atoms with Gasteiger partial charge in [0, 0.05) is 17.8 Å². The summed E-state index contributed by atoms with van der Waals surface area (Å²) in [6, 6.07) is 12.9. The lowest BCUT2D eigenvalue weighted by Crippen LogP contribution is -2.21. The third kappa shape index (κ3) is 3.95. The van der Waals surface area contributed by atoms with Gasteiger partial charge in [-0.25, -0.2) is 0 Å². The molecule has 0 heterocycles. The number of rotatable bonds is 6. The third-order valence-corrected chi connectivity index (χ3v) is 2.91. The number of nitro groups is 1. The summed E-state index contributed by atoms with van der Waals surface area (Å²) in [4.78, 5) is 21.9. The van der Waals surface area contributed by atoms with Crippen LogP contribution in [0, 0.1) is 10.1 Å². The van der Waals surface area contributed by atoms with E-state index >= 15 is 0 Å². The lowest BCUT2D eigenvalue weighted by atomic mass is 10.2. The molecule has 0 bridgehead atoms. The minimum Gasteiger partial charge on any atom is -0.495 e. The molecule has 0 aliphatic rings. The maximum absolute atomic E-state index is 11.9. The number of hydrogen-bond acceptors (Lipinski definition) is 5. The van der Waals surface area contributed by atoms with Crippen LogP contribution in [0.2, 0.25) is 0 Å². The topological polar surface area (TPSA) is 93.5 Å². The summed E-state index contributed by atoms with van der Waals surface area (Å²) >= 11 is 0. The van der Waals surface area contributed by atoms with Crippen molar-refractivity contribution in [2.75, 3.05) is 24.3 Å². The summed E-state index contributed by atoms with van der Waals surface area (Å²) in [6.07, 6.45) is 0. The number of para-hydroxylation sites is 2. The van der Waals surface area contributed by atoms with Crippen molar-refractivity contribution in [1.82, 2.24) is 0 Å². The van der Waals surface area contributed by atoms with Crippen LogP contribution in [0.3, 0.4) is 0 Å². The fourth-order valence-electron chi connectivity index (χ4n) is 1.84. The number of ether oxygens (including phenoxy) is 1. The van der Waals surface area contributed by atoms with Gasteiger partial charge in [-0.05, 0) is 24.3 Å². The van der Waals surface area contributed by atoms with Gasteiger partial charge in [0.2, 0.25) is 5.91 Å². The number of anilines is 2. The van der Waals surface area contributed by atoms with Crippen molar-refractivity contribution in [3.05, 3.63) is 58.6 Å². The Morgan fingerprint density at radius 2 is 1.86 bits per heavy atom. The fourth-order valence-corrected chi connectivity index (χ4v) is 1.84. The Labute approximate surface area is 127 Å². The molecular weight excluding hydrogens is 286 g/mol. The predicted octanol–water partition coefficient (Wildman–Crippen LogP) is 2.65. The zero-order valence-corrected chi connectivity index (χ0v) is 11.9. The summed E-state index contributed by atoms with van der Waals surface area (Å²) in [7, 11) is 1.55. The molecule has 2 rings (SSSR count). The van der Waals surface area contributed by atoms with Gasteiger partial charge in [0.25, 0.3) is 5.69 Å². The van der Waals surface area contributed by atoms with Gasteiger partial charge < -0.3 is 15.4 Å². The van der Waals surface area contributed by atoms with Crippen molar-refractivity contribution in [2.45, 2.75) is 0 Å². The molecule has 0 spiro atoms. The van der Waals surface area contributed by atoms with Crippen LogP contribution in [0.25, 0.3) is 0 Å². The molecule has 2 aromatic carbocycles. The quantitative estimate of drug-likeness (QED) is 0.632. The Kier molecular flexibility index (Phi) is 4.92. The van der Waals surface area contributed by atoms with Crippen LogP contribution in [-0.4, -0.2) is 24.5 Å². The summed E-state index contributed by atoms with van der Waals surface area (Å²) in [5.41, 5.74) is 1.19. The van der Waals surface area contributed by atoms with Gasteiger partial charge >= 0.3 is 0 Å². The number of nitrogens with one attached hydrogen (secondary N) is 2. The van der Waals surface area contributed by atoms with Crippen LogP contribution in [0.5, 0.6) is 5.75 Å². The lowest BCUT2D eigenvalue weighted by Gasteiger charge is -2.11. The molecule has 0 atom stereocenters. The summed E-state index contributed by atoms with van der Waals surface area (Å²) in [5.74, 6) is 0.380. The lowest BCUT2D eigenvalue weighted by molar-refractivity contribution is -0.384. The highest BCUT2D eigenvalue weighted by Gasteiger charge is 2.07. The number of amides is 1. The Morgan fingerprint density at radius 1 is 1.18 bits per heavy atom. The van der Waals surface area contributed by atoms with Crippen molar-refractivity contribution in [2.24, 2.45) is 0 Å². The molecule has 2 aromatic rings. The standard InChI is InChI=1S/C15H15N3O4/c1-22-14-5-3-2-4-13(14)16-10-15(19)17-11-6-8-12(9-7-11)18(20)21/h2-9,16H,10H2,1H3,(H,17,19). The van der Waals surface area contributed by atoms with Crippen molar-refractivity contribution < 1.29 is 14.5 Å². The Balaban J connectivity index is 1.91. The van der Waals surface area contributed by atoms with E-state index in [0.717, 1.165) is 0 Å². The highest BCUT2D eigenvalue weighted by atomic mass is 16.6. The molecule has 2 N–H and O–H groups in total. The number of methoxy groups -OCH3 is 1. The molecular formula is C15H15N3O4. The first-order valence-corrected chi connectivity index (χ1v) is 6.51. The van der Waals surface area contributed by atoms with Gasteiger partial charge in [-0.1, -0.05) is 12.1 Å². The second-order valence-electron chi connectivity index (χ2n) is 4.41. The highest BCUT2D eigenvalue weighted by molar-refractivity contribution is 5.94. The number of nitro benzene ring substituents is 1. The van der Waals surface area contributed by atoms with E-state index < -0.39 is 4.92 Å². The number of hydrogen-bond donors (Lipinski definition) is 2. The van der Waals surface area contributed by atoms with E-state index in [-0.39, 0.29) is 18.1 Å². The van der Waals surface area contributed by atoms with Gasteiger partial charge in [0.05, 0.1) is 24.3 Å². The Hall–Kier alpha value is -3.09. The molecule has 0 aromatic heterocycles. The van der Waals surface area contributed by atoms with Crippen molar-refractivity contribution >= 4 is 23.0 Å². The predicted molar refractivity (Wildman–Crippen MR) is 83.2 cm³/mol. The molecule has 0 aliphatic heterocycles. The molecule has 7 nitrogen and oxygen atoms in total. The van der Waals surface area contributed by atoms with E-state index in [0.29, 0.717) is 17.1 Å². The average Bonchev–Trinajstić information content (AvgIpc) is 2.53. The van der Waals surface area contributed by atoms with E-state index in [1.165, 1.54) is 24.3 Å². The first kappa shape index (κ1) is 15.3. The summed E-state index contributed by atoms with van der Waals surface area (Å²) < 4.78 is 5.17. The number of carbonyl (C=O) groups excluding carboxylic acids is 1. The normalized spacial score (nSPS) is 9.86. The number of benzene rings is 2. The minimum absolute atomic E-state index is 0.0230. The van der Waals surface area contributed by atoms with Crippen LogP contribution in [0.15, 0.2) is 48.5 Å². The van der Waals surface area contributed by atoms with Crippen LogP contribution in [0.1, 0.15) is 0 Å². The molecule has 0 radical (unpaired) electrons. The maximum atomic E-state index is 11.9. The third-order valence-electron chi connectivity index (χ3n) is 2.91. The molecule has 0 saturated carbocycles. The molecule has 0 fully saturated rings. The average molecular weight is 301 g/mol. The van der Waals surface area contributed by atoms with E-state index in [9.17, 15) is 14.9 Å². The van der Waals surface area contributed by atoms with Gasteiger partial charge in [-0.2, -0.15) is 0 Å². The van der Waals surface area contributed by atoms with Gasteiger partial charge in [0.15, 0.2) is 0 Å². The molecule has 0 unspecified atom stereocenters.